The fraction of sp³-hybridized carbons (Fsp3) is 0.833. The number of hydrogen-bond acceptors (Lipinski definition) is 7. The van der Waals surface area contributed by atoms with Crippen LogP contribution in [0.15, 0.2) is 23.8 Å². The lowest BCUT2D eigenvalue weighted by atomic mass is 9.58. The number of cyclic esters (lactones) is 1. The van der Waals surface area contributed by atoms with Crippen molar-refractivity contribution in [1.82, 2.24) is 0 Å². The van der Waals surface area contributed by atoms with Gasteiger partial charge in [0, 0.05) is 12.8 Å². The lowest BCUT2D eigenvalue weighted by Crippen LogP contribution is -2.78. The van der Waals surface area contributed by atoms with E-state index in [2.05, 4.69) is 27.4 Å². The standard InChI is InChI=1S/C30H46O7/c1-19-7-9-21(26(2,3)23(19)12-11-22-24(31)18-34-25(22)32)10-8-20-13-14-30(35-17-20)28(6)15-16-29(33,37-30)27(4,5)36-28/h11,20-21,23-24,31,33H,1,7-10,12-18H2,2-6H3/t20-,21?,23+,24+,28+,29-,30+/m0/s1. The SMILES string of the molecule is C=C1CCC(CC[C@H]2CC[C@@]3(OC2)O[C@@]2(O)CC[C@@]3(C)OC2(C)C)C(C)(C)[C@@H]1CC=C1C(=O)OC[C@H]1O. The molecule has 7 heteroatoms. The molecule has 7 nitrogen and oxygen atoms in total. The molecule has 0 amide bonds. The number of hydrogen-bond donors (Lipinski definition) is 2. The molecule has 208 valence electrons. The summed E-state index contributed by atoms with van der Waals surface area (Å²) in [6, 6.07) is 0. The molecule has 5 saturated heterocycles. The molecule has 7 atom stereocenters. The van der Waals surface area contributed by atoms with Crippen molar-refractivity contribution in [2.24, 2.45) is 23.2 Å². The van der Waals surface area contributed by atoms with E-state index in [1.807, 2.05) is 19.9 Å². The minimum absolute atomic E-state index is 0.0401. The van der Waals surface area contributed by atoms with Gasteiger partial charge < -0.3 is 29.2 Å². The monoisotopic (exact) mass is 518 g/mol. The van der Waals surface area contributed by atoms with Crippen molar-refractivity contribution in [3.05, 3.63) is 23.8 Å². The van der Waals surface area contributed by atoms with Crippen molar-refractivity contribution in [3.63, 3.8) is 0 Å². The van der Waals surface area contributed by atoms with Gasteiger partial charge in [-0.05, 0) is 88.9 Å². The number of carbonyl (C=O) groups is 1. The maximum atomic E-state index is 12.0. The zero-order valence-corrected chi connectivity index (χ0v) is 23.3. The Morgan fingerprint density at radius 3 is 2.41 bits per heavy atom. The molecule has 1 aliphatic carbocycles. The predicted molar refractivity (Wildman–Crippen MR) is 138 cm³/mol. The van der Waals surface area contributed by atoms with Crippen LogP contribution in [-0.4, -0.2) is 58.3 Å². The quantitative estimate of drug-likeness (QED) is 0.307. The Labute approximate surface area is 221 Å². The van der Waals surface area contributed by atoms with Crippen molar-refractivity contribution in [1.29, 1.82) is 0 Å². The maximum Gasteiger partial charge on any atom is 0.336 e. The molecular weight excluding hydrogens is 472 g/mol. The first-order valence-electron chi connectivity index (χ1n) is 14.2. The number of fused-ring (bicyclic) bond motifs is 2. The van der Waals surface area contributed by atoms with Gasteiger partial charge in [0.25, 0.3) is 0 Å². The van der Waals surface area contributed by atoms with Crippen LogP contribution < -0.4 is 0 Å². The van der Waals surface area contributed by atoms with Gasteiger partial charge in [0.15, 0.2) is 5.79 Å². The van der Waals surface area contributed by atoms with Crippen molar-refractivity contribution in [2.75, 3.05) is 13.2 Å². The van der Waals surface area contributed by atoms with Crippen LogP contribution in [0.1, 0.15) is 92.4 Å². The smallest absolute Gasteiger partial charge is 0.336 e. The summed E-state index contributed by atoms with van der Waals surface area (Å²) in [7, 11) is 0. The molecule has 6 fully saturated rings. The van der Waals surface area contributed by atoms with Crippen LogP contribution in [0.5, 0.6) is 0 Å². The first-order chi connectivity index (χ1) is 17.2. The van der Waals surface area contributed by atoms with Gasteiger partial charge in [-0.2, -0.15) is 0 Å². The van der Waals surface area contributed by atoms with Crippen molar-refractivity contribution < 1.29 is 34.0 Å². The third-order valence-electron chi connectivity index (χ3n) is 10.7. The van der Waals surface area contributed by atoms with Crippen molar-refractivity contribution >= 4 is 5.97 Å². The number of carbonyl (C=O) groups excluding carboxylic acids is 1. The summed E-state index contributed by atoms with van der Waals surface area (Å²) in [6.07, 6.45) is 9.09. The van der Waals surface area contributed by atoms with E-state index in [0.717, 1.165) is 44.9 Å². The second-order valence-corrected chi connectivity index (χ2v) is 13.6. The van der Waals surface area contributed by atoms with Crippen molar-refractivity contribution in [3.8, 4) is 0 Å². The van der Waals surface area contributed by atoms with Gasteiger partial charge in [-0.1, -0.05) is 32.1 Å². The minimum Gasteiger partial charge on any atom is -0.459 e. The summed E-state index contributed by atoms with van der Waals surface area (Å²) in [5.41, 5.74) is 0.353. The molecule has 5 aliphatic heterocycles. The normalized spacial score (nSPS) is 46.0. The molecule has 6 aliphatic rings. The Morgan fingerprint density at radius 2 is 1.78 bits per heavy atom. The molecule has 1 saturated carbocycles. The molecule has 1 unspecified atom stereocenters. The van der Waals surface area contributed by atoms with E-state index >= 15 is 0 Å². The lowest BCUT2D eigenvalue weighted by molar-refractivity contribution is -0.522. The van der Waals surface area contributed by atoms with E-state index in [4.69, 9.17) is 18.9 Å². The summed E-state index contributed by atoms with van der Waals surface area (Å²) >= 11 is 0. The molecule has 0 radical (unpaired) electrons. The Morgan fingerprint density at radius 1 is 1.03 bits per heavy atom. The molecule has 5 heterocycles. The van der Waals surface area contributed by atoms with Gasteiger partial charge in [0.1, 0.15) is 23.9 Å². The number of ether oxygens (including phenoxy) is 4. The first-order valence-corrected chi connectivity index (χ1v) is 14.2. The molecule has 2 N–H and O–H groups in total. The summed E-state index contributed by atoms with van der Waals surface area (Å²) in [4.78, 5) is 12.0. The van der Waals surface area contributed by atoms with Gasteiger partial charge in [-0.15, -0.1) is 0 Å². The Bertz CT molecular complexity index is 959. The van der Waals surface area contributed by atoms with Crippen LogP contribution in [0.25, 0.3) is 0 Å². The third kappa shape index (κ3) is 4.43. The van der Waals surface area contributed by atoms with Crippen molar-refractivity contribution in [2.45, 2.75) is 121 Å². The lowest BCUT2D eigenvalue weighted by Gasteiger charge is -2.66. The van der Waals surface area contributed by atoms with Gasteiger partial charge in [0.05, 0.1) is 12.2 Å². The Hall–Kier alpha value is -1.25. The van der Waals surface area contributed by atoms with Crippen LogP contribution in [0.2, 0.25) is 0 Å². The number of aliphatic hydroxyl groups is 2. The average Bonchev–Trinajstić information content (AvgIpc) is 3.13. The van der Waals surface area contributed by atoms with Crippen LogP contribution in [0.3, 0.4) is 0 Å². The highest BCUT2D eigenvalue weighted by Gasteiger charge is 2.71. The Balaban J connectivity index is 1.19. The second-order valence-electron chi connectivity index (χ2n) is 13.6. The molecule has 2 bridgehead atoms. The molecule has 1 spiro atoms. The second kappa shape index (κ2) is 9.16. The van der Waals surface area contributed by atoms with E-state index in [-0.39, 0.29) is 17.9 Å². The van der Waals surface area contributed by atoms with E-state index in [9.17, 15) is 15.0 Å². The van der Waals surface area contributed by atoms with Crippen LogP contribution >= 0.6 is 0 Å². The predicted octanol–water partition coefficient (Wildman–Crippen LogP) is 4.80. The molecule has 0 aromatic rings. The fourth-order valence-electron chi connectivity index (χ4n) is 7.82. The molecule has 6 rings (SSSR count). The number of esters is 1. The third-order valence-corrected chi connectivity index (χ3v) is 10.7. The molecule has 37 heavy (non-hydrogen) atoms. The largest absolute Gasteiger partial charge is 0.459 e. The zero-order chi connectivity index (χ0) is 26.9. The minimum atomic E-state index is -1.32. The van der Waals surface area contributed by atoms with E-state index in [1.54, 1.807) is 0 Å². The first kappa shape index (κ1) is 27.3. The molecule has 0 aromatic heterocycles. The van der Waals surface area contributed by atoms with Gasteiger partial charge >= 0.3 is 5.97 Å². The van der Waals surface area contributed by atoms with Gasteiger partial charge in [-0.3, -0.25) is 0 Å². The number of rotatable bonds is 5. The summed E-state index contributed by atoms with van der Waals surface area (Å²) < 4.78 is 24.2. The maximum absolute atomic E-state index is 12.0. The average molecular weight is 519 g/mol. The molecular formula is C30H46O7. The highest BCUT2D eigenvalue weighted by Crippen LogP contribution is 2.59. The van der Waals surface area contributed by atoms with Crippen LogP contribution in [0, 0.1) is 23.2 Å². The van der Waals surface area contributed by atoms with Crippen LogP contribution in [0.4, 0.5) is 0 Å². The summed E-state index contributed by atoms with van der Waals surface area (Å²) in [5.74, 6) is -1.34. The van der Waals surface area contributed by atoms with E-state index in [1.165, 1.54) is 5.57 Å². The van der Waals surface area contributed by atoms with Gasteiger partial charge in [0.2, 0.25) is 5.79 Å². The van der Waals surface area contributed by atoms with E-state index < -0.39 is 34.8 Å². The fourth-order valence-corrected chi connectivity index (χ4v) is 7.82. The zero-order valence-electron chi connectivity index (χ0n) is 23.3. The topological polar surface area (TPSA) is 94.5 Å². The number of aliphatic hydroxyl groups excluding tert-OH is 1. The highest BCUT2D eigenvalue weighted by molar-refractivity contribution is 5.91. The van der Waals surface area contributed by atoms with Gasteiger partial charge in [-0.25, -0.2) is 4.79 Å². The Kier molecular flexibility index (Phi) is 6.76. The molecule has 0 aromatic carbocycles. The van der Waals surface area contributed by atoms with Crippen LogP contribution in [-0.2, 0) is 23.7 Å². The summed E-state index contributed by atoms with van der Waals surface area (Å²) in [6.45, 7) is 15.6. The number of allylic oxidation sites excluding steroid dienone is 2. The van der Waals surface area contributed by atoms with E-state index in [0.29, 0.717) is 36.9 Å². The highest BCUT2D eigenvalue weighted by atomic mass is 16.8. The summed E-state index contributed by atoms with van der Waals surface area (Å²) in [5, 5.41) is 21.3.